The molecule has 4 N–H and O–H groups in total. The van der Waals surface area contributed by atoms with Gasteiger partial charge in [-0.05, 0) is 42.3 Å². The number of phenolic OH excluding ortho intramolecular Hbond substituents is 1. The molecule has 0 unspecified atom stereocenters. The second-order valence-electron chi connectivity index (χ2n) is 4.63. The highest BCUT2D eigenvalue weighted by Crippen LogP contribution is 2.22. The Morgan fingerprint density at radius 1 is 1.24 bits per heavy atom. The zero-order valence-electron chi connectivity index (χ0n) is 11.8. The molecule has 0 aliphatic rings. The highest BCUT2D eigenvalue weighted by molar-refractivity contribution is 5.95. The monoisotopic (exact) mass is 286 g/mol. The Balaban J connectivity index is 1.91. The lowest BCUT2D eigenvalue weighted by Gasteiger charge is -2.08. The van der Waals surface area contributed by atoms with E-state index in [1.807, 2.05) is 12.1 Å². The summed E-state index contributed by atoms with van der Waals surface area (Å²) in [5, 5.41) is 12.0. The van der Waals surface area contributed by atoms with Crippen LogP contribution < -0.4 is 15.8 Å². The van der Waals surface area contributed by atoms with E-state index in [9.17, 15) is 9.90 Å². The average Bonchev–Trinajstić information content (AvgIpc) is 2.49. The van der Waals surface area contributed by atoms with Gasteiger partial charge in [-0.3, -0.25) is 4.79 Å². The van der Waals surface area contributed by atoms with Crippen LogP contribution in [-0.2, 0) is 6.42 Å². The molecule has 0 bridgehead atoms. The summed E-state index contributed by atoms with van der Waals surface area (Å²) in [7, 11) is 1.51. The summed E-state index contributed by atoms with van der Waals surface area (Å²) in [5.74, 6) is 0.546. The third-order valence-electron chi connectivity index (χ3n) is 3.13. The number of carbonyl (C=O) groups is 1. The van der Waals surface area contributed by atoms with Crippen molar-refractivity contribution in [1.29, 1.82) is 0 Å². The van der Waals surface area contributed by atoms with Gasteiger partial charge in [-0.2, -0.15) is 0 Å². The molecule has 0 heterocycles. The van der Waals surface area contributed by atoms with Gasteiger partial charge in [0.2, 0.25) is 0 Å². The molecule has 5 nitrogen and oxygen atoms in total. The molecule has 0 aliphatic carbocycles. The van der Waals surface area contributed by atoms with E-state index in [-0.39, 0.29) is 11.7 Å². The van der Waals surface area contributed by atoms with Crippen LogP contribution in [0.2, 0.25) is 0 Å². The Morgan fingerprint density at radius 2 is 1.95 bits per heavy atom. The summed E-state index contributed by atoms with van der Waals surface area (Å²) in [4.78, 5) is 12.0. The minimum atomic E-state index is -0.174. The number of rotatable bonds is 5. The first-order valence-electron chi connectivity index (χ1n) is 6.60. The average molecular weight is 286 g/mol. The molecule has 0 radical (unpaired) electrons. The van der Waals surface area contributed by atoms with Crippen LogP contribution in [-0.4, -0.2) is 24.7 Å². The number of nitrogens with one attached hydrogen (secondary N) is 1. The van der Waals surface area contributed by atoms with Crippen LogP contribution in [0, 0.1) is 0 Å². The highest BCUT2D eigenvalue weighted by Gasteiger charge is 2.08. The lowest BCUT2D eigenvalue weighted by atomic mass is 10.1. The van der Waals surface area contributed by atoms with Crippen LogP contribution in [0.5, 0.6) is 11.5 Å². The van der Waals surface area contributed by atoms with Crippen molar-refractivity contribution in [1.82, 2.24) is 5.32 Å². The Hall–Kier alpha value is -2.69. The van der Waals surface area contributed by atoms with Crippen molar-refractivity contribution >= 4 is 11.6 Å². The molecule has 0 atom stereocenters. The van der Waals surface area contributed by atoms with Gasteiger partial charge in [-0.1, -0.05) is 12.1 Å². The summed E-state index contributed by atoms with van der Waals surface area (Å²) in [5.41, 5.74) is 7.76. The summed E-state index contributed by atoms with van der Waals surface area (Å²) >= 11 is 0. The number of nitrogen functional groups attached to an aromatic ring is 1. The van der Waals surface area contributed by atoms with Gasteiger partial charge in [0.25, 0.3) is 5.91 Å². The second kappa shape index (κ2) is 6.65. The number of anilines is 1. The maximum Gasteiger partial charge on any atom is 0.251 e. The van der Waals surface area contributed by atoms with Gasteiger partial charge in [0.05, 0.1) is 12.8 Å². The Labute approximate surface area is 123 Å². The predicted octanol–water partition coefficient (Wildman–Crippen LogP) is 1.96. The van der Waals surface area contributed by atoms with Crippen molar-refractivity contribution in [3.05, 3.63) is 53.6 Å². The number of benzene rings is 2. The fourth-order valence-corrected chi connectivity index (χ4v) is 1.94. The van der Waals surface area contributed by atoms with Gasteiger partial charge in [0.15, 0.2) is 0 Å². The molecular weight excluding hydrogens is 268 g/mol. The Kier molecular flexibility index (Phi) is 4.66. The normalized spacial score (nSPS) is 10.1. The molecule has 1 amide bonds. The molecule has 0 aliphatic heterocycles. The van der Waals surface area contributed by atoms with Crippen molar-refractivity contribution in [2.24, 2.45) is 0 Å². The molecule has 21 heavy (non-hydrogen) atoms. The third kappa shape index (κ3) is 3.89. The number of ether oxygens (including phenoxy) is 1. The van der Waals surface area contributed by atoms with Gasteiger partial charge < -0.3 is 20.9 Å². The van der Waals surface area contributed by atoms with Crippen LogP contribution in [0.25, 0.3) is 0 Å². The number of methoxy groups -OCH3 is 1. The SMILES string of the molecule is COc1cc(C(=O)NCCc2ccc(O)cc2)ccc1N. The molecule has 0 saturated carbocycles. The third-order valence-corrected chi connectivity index (χ3v) is 3.13. The molecule has 2 aromatic carbocycles. The molecule has 0 saturated heterocycles. The van der Waals surface area contributed by atoms with E-state index >= 15 is 0 Å². The quantitative estimate of drug-likeness (QED) is 0.733. The molecule has 5 heteroatoms. The van der Waals surface area contributed by atoms with Gasteiger partial charge in [-0.15, -0.1) is 0 Å². The number of hydrogen-bond acceptors (Lipinski definition) is 4. The minimum Gasteiger partial charge on any atom is -0.508 e. The van der Waals surface area contributed by atoms with Crippen LogP contribution in [0.15, 0.2) is 42.5 Å². The number of hydrogen-bond donors (Lipinski definition) is 3. The topological polar surface area (TPSA) is 84.6 Å². The first-order chi connectivity index (χ1) is 10.1. The lowest BCUT2D eigenvalue weighted by molar-refractivity contribution is 0.0954. The van der Waals surface area contributed by atoms with Gasteiger partial charge in [0.1, 0.15) is 11.5 Å². The van der Waals surface area contributed by atoms with E-state index in [2.05, 4.69) is 5.32 Å². The molecule has 110 valence electrons. The van der Waals surface area contributed by atoms with E-state index in [0.717, 1.165) is 5.56 Å². The standard InChI is InChI=1S/C16H18N2O3/c1-21-15-10-12(4-7-14(15)17)16(20)18-9-8-11-2-5-13(19)6-3-11/h2-7,10,19H,8-9,17H2,1H3,(H,18,20). The summed E-state index contributed by atoms with van der Waals surface area (Å²) < 4.78 is 5.09. The Morgan fingerprint density at radius 3 is 2.62 bits per heavy atom. The van der Waals surface area contributed by atoms with Crippen molar-refractivity contribution in [3.63, 3.8) is 0 Å². The van der Waals surface area contributed by atoms with Crippen molar-refractivity contribution in [2.75, 3.05) is 19.4 Å². The molecule has 0 fully saturated rings. The number of aromatic hydroxyl groups is 1. The van der Waals surface area contributed by atoms with Crippen LogP contribution in [0.3, 0.4) is 0 Å². The summed E-state index contributed by atoms with van der Waals surface area (Å²) in [6, 6.07) is 11.8. The van der Waals surface area contributed by atoms with Gasteiger partial charge in [-0.25, -0.2) is 0 Å². The Bertz CT molecular complexity index is 624. The molecular formula is C16H18N2O3. The minimum absolute atomic E-state index is 0.174. The molecule has 2 rings (SSSR count). The fourth-order valence-electron chi connectivity index (χ4n) is 1.94. The molecule has 0 spiro atoms. The summed E-state index contributed by atoms with van der Waals surface area (Å²) in [6.07, 6.45) is 0.693. The van der Waals surface area contributed by atoms with E-state index in [4.69, 9.17) is 10.5 Å². The first kappa shape index (κ1) is 14.7. The lowest BCUT2D eigenvalue weighted by Crippen LogP contribution is -2.25. The second-order valence-corrected chi connectivity index (χ2v) is 4.63. The maximum absolute atomic E-state index is 12.0. The zero-order valence-corrected chi connectivity index (χ0v) is 11.8. The van der Waals surface area contributed by atoms with Crippen LogP contribution in [0.4, 0.5) is 5.69 Å². The zero-order chi connectivity index (χ0) is 15.2. The van der Waals surface area contributed by atoms with Crippen molar-refractivity contribution in [2.45, 2.75) is 6.42 Å². The highest BCUT2D eigenvalue weighted by atomic mass is 16.5. The number of nitrogens with two attached hydrogens (primary N) is 1. The summed E-state index contributed by atoms with van der Waals surface area (Å²) in [6.45, 7) is 0.510. The van der Waals surface area contributed by atoms with Crippen LogP contribution in [0.1, 0.15) is 15.9 Å². The fraction of sp³-hybridized carbons (Fsp3) is 0.188. The van der Waals surface area contributed by atoms with Crippen LogP contribution >= 0.6 is 0 Å². The first-order valence-corrected chi connectivity index (χ1v) is 6.60. The smallest absolute Gasteiger partial charge is 0.251 e. The van der Waals surface area contributed by atoms with E-state index in [0.29, 0.717) is 30.0 Å². The van der Waals surface area contributed by atoms with E-state index in [1.54, 1.807) is 30.3 Å². The maximum atomic E-state index is 12.0. The number of amides is 1. The van der Waals surface area contributed by atoms with Crippen molar-refractivity contribution < 1.29 is 14.6 Å². The van der Waals surface area contributed by atoms with E-state index < -0.39 is 0 Å². The van der Waals surface area contributed by atoms with E-state index in [1.165, 1.54) is 7.11 Å². The molecule has 0 aromatic heterocycles. The molecule has 2 aromatic rings. The van der Waals surface area contributed by atoms with Gasteiger partial charge >= 0.3 is 0 Å². The largest absolute Gasteiger partial charge is 0.508 e. The number of phenols is 1. The van der Waals surface area contributed by atoms with Gasteiger partial charge in [0, 0.05) is 12.1 Å². The van der Waals surface area contributed by atoms with Crippen molar-refractivity contribution in [3.8, 4) is 11.5 Å². The number of carbonyl (C=O) groups excluding carboxylic acids is 1. The predicted molar refractivity (Wildman–Crippen MR) is 81.6 cm³/mol.